The third-order valence-corrected chi connectivity index (χ3v) is 4.41. The Hall–Kier alpha value is -4.28. The Labute approximate surface area is 176 Å². The number of non-ortho nitro benzene ring substituents is 1. The van der Waals surface area contributed by atoms with Crippen LogP contribution in [0, 0.1) is 41.0 Å². The molecular weight excluding hydrogens is 406 g/mol. The number of anilines is 1. The summed E-state index contributed by atoms with van der Waals surface area (Å²) >= 11 is 0. The second-order valence-corrected chi connectivity index (χ2v) is 6.95. The third kappa shape index (κ3) is 5.21. The zero-order chi connectivity index (χ0) is 22.7. The maximum atomic E-state index is 12.4. The molecule has 0 spiro atoms. The first-order chi connectivity index (χ1) is 14.6. The molecule has 11 nitrogen and oxygen atoms in total. The molecule has 0 unspecified atom stereocenters. The van der Waals surface area contributed by atoms with Gasteiger partial charge in [0.05, 0.1) is 33.5 Å². The maximum Gasteiger partial charge on any atom is 0.390 e. The van der Waals surface area contributed by atoms with Crippen molar-refractivity contribution in [3.05, 3.63) is 79.5 Å². The van der Waals surface area contributed by atoms with E-state index in [1.54, 1.807) is 13.0 Å². The van der Waals surface area contributed by atoms with Gasteiger partial charge in [-0.05, 0) is 42.9 Å². The molecule has 0 saturated carbocycles. The quantitative estimate of drug-likeness (QED) is 0.444. The van der Waals surface area contributed by atoms with Crippen molar-refractivity contribution in [2.24, 2.45) is 0 Å². The number of hydrogen-bond acceptors (Lipinski definition) is 7. The van der Waals surface area contributed by atoms with E-state index in [9.17, 15) is 25.0 Å². The van der Waals surface area contributed by atoms with Crippen LogP contribution in [0.25, 0.3) is 0 Å². The number of amides is 1. The minimum Gasteiger partial charge on any atom is -0.457 e. The number of nitro benzene ring substituents is 1. The topological polar surface area (TPSA) is 142 Å². The van der Waals surface area contributed by atoms with Gasteiger partial charge in [-0.2, -0.15) is 4.68 Å². The number of nitrogens with zero attached hydrogens (tertiary/aromatic N) is 4. The largest absolute Gasteiger partial charge is 0.457 e. The van der Waals surface area contributed by atoms with Crippen molar-refractivity contribution >= 4 is 23.1 Å². The van der Waals surface area contributed by atoms with Crippen molar-refractivity contribution in [1.82, 2.24) is 9.78 Å². The van der Waals surface area contributed by atoms with Crippen LogP contribution in [0.15, 0.2) is 42.5 Å². The fraction of sp³-hybridized carbons (Fsp3) is 0.200. The predicted molar refractivity (Wildman–Crippen MR) is 111 cm³/mol. The normalized spacial score (nSPS) is 10.5. The van der Waals surface area contributed by atoms with Gasteiger partial charge in [0.15, 0.2) is 0 Å². The van der Waals surface area contributed by atoms with Crippen molar-refractivity contribution in [1.29, 1.82) is 0 Å². The summed E-state index contributed by atoms with van der Waals surface area (Å²) in [5, 5.41) is 28.5. The van der Waals surface area contributed by atoms with Gasteiger partial charge >= 0.3 is 5.82 Å². The van der Waals surface area contributed by atoms with E-state index in [1.165, 1.54) is 28.9 Å². The average molecular weight is 425 g/mol. The lowest BCUT2D eigenvalue weighted by Gasteiger charge is -2.11. The molecule has 11 heteroatoms. The Morgan fingerprint density at radius 1 is 1.06 bits per heavy atom. The van der Waals surface area contributed by atoms with Crippen molar-refractivity contribution in [2.45, 2.75) is 27.3 Å². The summed E-state index contributed by atoms with van der Waals surface area (Å²) in [5.41, 5.74) is 2.13. The van der Waals surface area contributed by atoms with Crippen molar-refractivity contribution < 1.29 is 19.4 Å². The second-order valence-electron chi connectivity index (χ2n) is 6.95. The molecule has 31 heavy (non-hydrogen) atoms. The van der Waals surface area contributed by atoms with Crippen LogP contribution in [-0.4, -0.2) is 25.5 Å². The van der Waals surface area contributed by atoms with Gasteiger partial charge in [0.25, 0.3) is 5.69 Å². The smallest absolute Gasteiger partial charge is 0.390 e. The van der Waals surface area contributed by atoms with Crippen LogP contribution in [-0.2, 0) is 11.3 Å². The molecule has 1 aromatic heterocycles. The summed E-state index contributed by atoms with van der Waals surface area (Å²) in [7, 11) is 0. The number of hydrogen-bond donors (Lipinski definition) is 1. The minimum absolute atomic E-state index is 0.152. The van der Waals surface area contributed by atoms with Crippen LogP contribution in [0.3, 0.4) is 0 Å². The van der Waals surface area contributed by atoms with Gasteiger partial charge < -0.3 is 20.2 Å². The molecule has 0 aliphatic rings. The van der Waals surface area contributed by atoms with Gasteiger partial charge in [-0.25, -0.2) is 0 Å². The lowest BCUT2D eigenvalue weighted by molar-refractivity contribution is -0.389. The van der Waals surface area contributed by atoms with E-state index in [1.807, 2.05) is 26.0 Å². The van der Waals surface area contributed by atoms with Crippen molar-refractivity contribution in [3.63, 3.8) is 0 Å². The number of nitro groups is 2. The van der Waals surface area contributed by atoms with Crippen molar-refractivity contribution in [3.8, 4) is 11.5 Å². The first-order valence-electron chi connectivity index (χ1n) is 9.15. The molecule has 3 rings (SSSR count). The summed E-state index contributed by atoms with van der Waals surface area (Å²) in [5.74, 6) is -0.203. The highest BCUT2D eigenvalue weighted by Gasteiger charge is 2.19. The highest BCUT2D eigenvalue weighted by molar-refractivity contribution is 5.91. The molecule has 160 valence electrons. The molecule has 2 aromatic carbocycles. The van der Waals surface area contributed by atoms with E-state index >= 15 is 0 Å². The summed E-state index contributed by atoms with van der Waals surface area (Å²) < 4.78 is 7.00. The van der Waals surface area contributed by atoms with Gasteiger partial charge in [-0.1, -0.05) is 12.1 Å². The Balaban J connectivity index is 1.83. The van der Waals surface area contributed by atoms with Crippen LogP contribution >= 0.6 is 0 Å². The molecule has 0 saturated heterocycles. The van der Waals surface area contributed by atoms with E-state index in [4.69, 9.17) is 4.74 Å². The second kappa shape index (κ2) is 8.61. The van der Waals surface area contributed by atoms with E-state index in [2.05, 4.69) is 10.4 Å². The highest BCUT2D eigenvalue weighted by atomic mass is 16.6. The zero-order valence-electron chi connectivity index (χ0n) is 17.0. The summed E-state index contributed by atoms with van der Waals surface area (Å²) in [6.45, 7) is 5.03. The lowest BCUT2D eigenvalue weighted by Crippen LogP contribution is -2.20. The SMILES string of the molecule is Cc1ccc(C)c(Oc2cc(NC(=O)Cn3nc([N+](=O)[O-])cc3C)cc([N+](=O)[O-])c2)c1. The first kappa shape index (κ1) is 21.4. The Bertz CT molecular complexity index is 1190. The Morgan fingerprint density at radius 3 is 2.45 bits per heavy atom. The number of carbonyl (C=O) groups is 1. The van der Waals surface area contributed by atoms with E-state index in [0.717, 1.165) is 11.1 Å². The third-order valence-electron chi connectivity index (χ3n) is 4.41. The number of benzene rings is 2. The Kier molecular flexibility index (Phi) is 5.95. The molecule has 1 N–H and O–H groups in total. The number of nitrogens with one attached hydrogen (secondary N) is 1. The van der Waals surface area contributed by atoms with Crippen molar-refractivity contribution in [2.75, 3.05) is 5.32 Å². The van der Waals surface area contributed by atoms with E-state index in [-0.39, 0.29) is 29.5 Å². The summed E-state index contributed by atoms with van der Waals surface area (Å²) in [4.78, 5) is 33.3. The van der Waals surface area contributed by atoms with Gasteiger partial charge in [0, 0.05) is 12.1 Å². The molecule has 0 bridgehead atoms. The first-order valence-corrected chi connectivity index (χ1v) is 9.15. The van der Waals surface area contributed by atoms with Crippen LogP contribution < -0.4 is 10.1 Å². The van der Waals surface area contributed by atoms with Gasteiger partial charge in [0.2, 0.25) is 5.91 Å². The lowest BCUT2D eigenvalue weighted by atomic mass is 10.1. The molecule has 3 aromatic rings. The summed E-state index contributed by atoms with van der Waals surface area (Å²) in [6.07, 6.45) is 0. The van der Waals surface area contributed by atoms with Crippen LogP contribution in [0.5, 0.6) is 11.5 Å². The fourth-order valence-electron chi connectivity index (χ4n) is 2.84. The molecule has 0 radical (unpaired) electrons. The van der Waals surface area contributed by atoms with Crippen LogP contribution in [0.2, 0.25) is 0 Å². The molecule has 0 fully saturated rings. The zero-order valence-corrected chi connectivity index (χ0v) is 17.0. The number of aromatic nitrogens is 2. The fourth-order valence-corrected chi connectivity index (χ4v) is 2.84. The molecule has 0 aliphatic carbocycles. The van der Waals surface area contributed by atoms with Crippen LogP contribution in [0.1, 0.15) is 16.8 Å². The van der Waals surface area contributed by atoms with E-state index in [0.29, 0.717) is 11.4 Å². The average Bonchev–Trinajstić information content (AvgIpc) is 3.05. The number of ether oxygens (including phenoxy) is 1. The summed E-state index contributed by atoms with van der Waals surface area (Å²) in [6, 6.07) is 10.8. The standard InChI is InChI=1S/C20H19N5O6/c1-12-4-5-13(2)18(6-12)31-17-9-15(8-16(10-17)24(27)28)21-20(26)11-23-14(3)7-19(22-23)25(29)30/h4-10H,11H2,1-3H3,(H,21,26). The molecular formula is C20H19N5O6. The number of carbonyl (C=O) groups excluding carboxylic acids is 1. The highest BCUT2D eigenvalue weighted by Crippen LogP contribution is 2.31. The Morgan fingerprint density at radius 2 is 1.81 bits per heavy atom. The van der Waals surface area contributed by atoms with Gasteiger partial charge in [0.1, 0.15) is 18.0 Å². The minimum atomic E-state index is -0.654. The van der Waals surface area contributed by atoms with Gasteiger partial charge in [-0.15, -0.1) is 0 Å². The molecule has 1 heterocycles. The molecule has 0 atom stereocenters. The number of aryl methyl sites for hydroxylation is 3. The monoisotopic (exact) mass is 425 g/mol. The molecule has 1 amide bonds. The van der Waals surface area contributed by atoms with Crippen LogP contribution in [0.4, 0.5) is 17.2 Å². The number of rotatable bonds is 7. The maximum absolute atomic E-state index is 12.4. The predicted octanol–water partition coefficient (Wildman–Crippen LogP) is 4.06. The van der Waals surface area contributed by atoms with Gasteiger partial charge in [-0.3, -0.25) is 14.9 Å². The van der Waals surface area contributed by atoms with E-state index < -0.39 is 15.8 Å². The molecule has 0 aliphatic heterocycles.